The number of carbonyl (C=O) groups excluding carboxylic acids is 6. The molecule has 200 valence electrons. The summed E-state index contributed by atoms with van der Waals surface area (Å²) in [7, 11) is 0. The number of nitrogens with one attached hydrogen (secondary N) is 2. The zero-order chi connectivity index (χ0) is 27.3. The summed E-state index contributed by atoms with van der Waals surface area (Å²) < 4.78 is 10.2. The Bertz CT molecular complexity index is 857. The fraction of sp³-hybridized carbons (Fsp3) is 0.667. The van der Waals surface area contributed by atoms with Crippen LogP contribution in [0, 0.1) is 0 Å². The average Bonchev–Trinajstić information content (AvgIpc) is 2.72. The second-order valence-corrected chi connectivity index (χ2v) is 10.6. The molecule has 2 saturated heterocycles. The van der Waals surface area contributed by atoms with Crippen molar-refractivity contribution in [3.63, 3.8) is 0 Å². The normalized spacial score (nSPS) is 19.9. The largest absolute Gasteiger partial charge is 0.444 e. The Morgan fingerprint density at radius 2 is 1.08 bits per heavy atom. The number of alkyl carbamates (subject to hydrolysis) is 2. The summed E-state index contributed by atoms with van der Waals surface area (Å²) in [5, 5.41) is 4.88. The number of nitrogens with zero attached hydrogens (tertiary/aromatic N) is 2. The molecule has 0 bridgehead atoms. The fourth-order valence-corrected chi connectivity index (χ4v) is 3.34. The van der Waals surface area contributed by atoms with Gasteiger partial charge in [-0.15, -0.1) is 0 Å². The van der Waals surface area contributed by atoms with Gasteiger partial charge in [-0.1, -0.05) is 12.2 Å². The maximum absolute atomic E-state index is 12.2. The van der Waals surface area contributed by atoms with Crippen molar-refractivity contribution in [3.8, 4) is 0 Å². The van der Waals surface area contributed by atoms with Crippen LogP contribution in [0.2, 0.25) is 0 Å². The predicted octanol–water partition coefficient (Wildman–Crippen LogP) is 1.63. The first-order chi connectivity index (χ1) is 16.6. The number of rotatable bonds is 8. The van der Waals surface area contributed by atoms with Crippen LogP contribution in [0.1, 0.15) is 67.2 Å². The minimum atomic E-state index is -0.770. The molecule has 0 unspecified atom stereocenters. The van der Waals surface area contributed by atoms with Crippen LogP contribution in [0.3, 0.4) is 0 Å². The molecule has 0 aromatic heterocycles. The third-order valence-electron chi connectivity index (χ3n) is 5.06. The molecule has 0 aromatic rings. The number of β-lactam (4-membered cyclic amide) rings is 2. The summed E-state index contributed by atoms with van der Waals surface area (Å²) >= 11 is 0. The van der Waals surface area contributed by atoms with Gasteiger partial charge >= 0.3 is 12.2 Å². The van der Waals surface area contributed by atoms with E-state index in [9.17, 15) is 28.8 Å². The molecular weight excluding hydrogens is 472 g/mol. The standard InChI is InChI=1S/C24H36N4O8/c1-23(2,3)35-21(33)25-15-13-27(19(15)31)17(29)11-9-7-8-10-12-18(30)28-14-16(20(28)32)26-22(34)36-24(4,5)6/h7-8,15-16H,9-14H2,1-6H3,(H,25,33)(H,26,34)/b8-7+/t15-,16-/m0/s1. The lowest BCUT2D eigenvalue weighted by Gasteiger charge is -2.37. The highest BCUT2D eigenvalue weighted by Gasteiger charge is 2.42. The van der Waals surface area contributed by atoms with Crippen LogP contribution in [0.4, 0.5) is 9.59 Å². The van der Waals surface area contributed by atoms with E-state index in [-0.39, 0.29) is 37.7 Å². The van der Waals surface area contributed by atoms with Crippen LogP contribution in [0.15, 0.2) is 12.2 Å². The summed E-state index contributed by atoms with van der Waals surface area (Å²) in [5.74, 6) is -1.64. The molecule has 0 radical (unpaired) electrons. The lowest BCUT2D eigenvalue weighted by Crippen LogP contribution is -2.65. The van der Waals surface area contributed by atoms with Gasteiger partial charge in [0.2, 0.25) is 11.8 Å². The van der Waals surface area contributed by atoms with Crippen LogP contribution in [0.5, 0.6) is 0 Å². The van der Waals surface area contributed by atoms with Crippen molar-refractivity contribution < 1.29 is 38.2 Å². The molecule has 0 saturated carbocycles. The topological polar surface area (TPSA) is 151 Å². The van der Waals surface area contributed by atoms with Gasteiger partial charge < -0.3 is 20.1 Å². The molecule has 0 aromatic carbocycles. The van der Waals surface area contributed by atoms with Gasteiger partial charge in [0.25, 0.3) is 11.8 Å². The summed E-state index contributed by atoms with van der Waals surface area (Å²) in [6.07, 6.45) is 3.03. The number of imide groups is 2. The van der Waals surface area contributed by atoms with Crippen LogP contribution < -0.4 is 10.6 Å². The van der Waals surface area contributed by atoms with Crippen molar-refractivity contribution in [2.24, 2.45) is 0 Å². The van der Waals surface area contributed by atoms with E-state index in [1.807, 2.05) is 0 Å². The van der Waals surface area contributed by atoms with E-state index in [1.165, 1.54) is 0 Å². The van der Waals surface area contributed by atoms with Crippen molar-refractivity contribution in [3.05, 3.63) is 12.2 Å². The lowest BCUT2D eigenvalue weighted by molar-refractivity contribution is -0.156. The third kappa shape index (κ3) is 8.65. The van der Waals surface area contributed by atoms with Gasteiger partial charge in [-0.2, -0.15) is 0 Å². The summed E-state index contributed by atoms with van der Waals surface area (Å²) in [4.78, 5) is 74.2. The van der Waals surface area contributed by atoms with Gasteiger partial charge in [0.1, 0.15) is 23.3 Å². The first-order valence-electron chi connectivity index (χ1n) is 11.9. The maximum atomic E-state index is 12.2. The molecule has 2 aliphatic heterocycles. The van der Waals surface area contributed by atoms with E-state index in [0.717, 1.165) is 9.80 Å². The van der Waals surface area contributed by atoms with Crippen LogP contribution in [-0.2, 0) is 28.7 Å². The maximum Gasteiger partial charge on any atom is 0.408 e. The quantitative estimate of drug-likeness (QED) is 0.371. The summed E-state index contributed by atoms with van der Waals surface area (Å²) in [6, 6.07) is -1.54. The van der Waals surface area contributed by atoms with Crippen LogP contribution in [0.25, 0.3) is 0 Å². The Labute approximate surface area is 210 Å². The monoisotopic (exact) mass is 508 g/mol. The molecule has 2 rings (SSSR count). The molecule has 0 spiro atoms. The smallest absolute Gasteiger partial charge is 0.408 e. The van der Waals surface area contributed by atoms with Gasteiger partial charge in [-0.05, 0) is 54.4 Å². The first kappa shape index (κ1) is 28.8. The molecule has 12 nitrogen and oxygen atoms in total. The van der Waals surface area contributed by atoms with E-state index in [0.29, 0.717) is 12.8 Å². The molecule has 2 fully saturated rings. The first-order valence-corrected chi connectivity index (χ1v) is 11.9. The Balaban J connectivity index is 1.59. The number of hydrogen-bond donors (Lipinski definition) is 2. The summed E-state index contributed by atoms with van der Waals surface area (Å²) in [6.45, 7) is 10.5. The van der Waals surface area contributed by atoms with E-state index in [4.69, 9.17) is 9.47 Å². The predicted molar refractivity (Wildman–Crippen MR) is 127 cm³/mol. The zero-order valence-corrected chi connectivity index (χ0v) is 21.7. The molecule has 0 aliphatic carbocycles. The van der Waals surface area contributed by atoms with E-state index < -0.39 is 47.3 Å². The Kier molecular flexibility index (Phi) is 9.22. The molecule has 2 atom stereocenters. The third-order valence-corrected chi connectivity index (χ3v) is 5.06. The number of ether oxygens (including phenoxy) is 2. The second-order valence-electron chi connectivity index (χ2n) is 10.6. The minimum Gasteiger partial charge on any atom is -0.444 e. The van der Waals surface area contributed by atoms with Crippen molar-refractivity contribution in [1.29, 1.82) is 0 Å². The molecular formula is C24H36N4O8. The fourth-order valence-electron chi connectivity index (χ4n) is 3.34. The lowest BCUT2D eigenvalue weighted by atomic mass is 10.1. The molecule has 12 heteroatoms. The van der Waals surface area contributed by atoms with Gasteiger partial charge in [-0.25, -0.2) is 9.59 Å². The van der Waals surface area contributed by atoms with Crippen LogP contribution >= 0.6 is 0 Å². The highest BCUT2D eigenvalue weighted by molar-refractivity contribution is 6.04. The zero-order valence-electron chi connectivity index (χ0n) is 21.7. The van der Waals surface area contributed by atoms with E-state index in [1.54, 1.807) is 53.7 Å². The SMILES string of the molecule is CC(C)(C)OC(=O)N[C@H]1CN(C(=O)CC/C=C/CCC(=O)N2C[C@H](NC(=O)OC(C)(C)C)C2=O)C1=O. The molecule has 2 N–H and O–H groups in total. The van der Waals surface area contributed by atoms with Gasteiger partial charge in [0.05, 0.1) is 13.1 Å². The van der Waals surface area contributed by atoms with E-state index >= 15 is 0 Å². The summed E-state index contributed by atoms with van der Waals surface area (Å²) in [5.41, 5.74) is -1.37. The van der Waals surface area contributed by atoms with E-state index in [2.05, 4.69) is 10.6 Å². The van der Waals surface area contributed by atoms with Crippen molar-refractivity contribution >= 4 is 35.8 Å². The number of hydrogen-bond acceptors (Lipinski definition) is 8. The van der Waals surface area contributed by atoms with Crippen molar-refractivity contribution in [1.82, 2.24) is 20.4 Å². The average molecular weight is 509 g/mol. The molecule has 2 heterocycles. The number of likely N-dealkylation sites (tertiary alicyclic amines) is 2. The van der Waals surface area contributed by atoms with Gasteiger partial charge in [0, 0.05) is 12.8 Å². The van der Waals surface area contributed by atoms with Gasteiger partial charge in [0.15, 0.2) is 0 Å². The molecule has 6 amide bonds. The second kappa shape index (κ2) is 11.5. The highest BCUT2D eigenvalue weighted by Crippen LogP contribution is 2.16. The number of allylic oxidation sites excluding steroid dienone is 2. The Hall–Kier alpha value is -3.44. The molecule has 36 heavy (non-hydrogen) atoms. The number of carbonyl (C=O) groups is 6. The van der Waals surface area contributed by atoms with Crippen molar-refractivity contribution in [2.75, 3.05) is 13.1 Å². The minimum absolute atomic E-state index is 0.1000. The van der Waals surface area contributed by atoms with Crippen LogP contribution in [-0.4, -0.2) is 82.0 Å². The number of amides is 6. The molecule has 2 aliphatic rings. The Morgan fingerprint density at radius 3 is 1.36 bits per heavy atom. The van der Waals surface area contributed by atoms with Crippen molar-refractivity contribution in [2.45, 2.75) is 90.5 Å². The Morgan fingerprint density at radius 1 is 0.750 bits per heavy atom. The van der Waals surface area contributed by atoms with Gasteiger partial charge in [-0.3, -0.25) is 29.0 Å². The highest BCUT2D eigenvalue weighted by atomic mass is 16.6.